The van der Waals surface area contributed by atoms with Gasteiger partial charge in [0, 0.05) is 21.8 Å². The average Bonchev–Trinajstić information content (AvgIpc) is 2.47. The van der Waals surface area contributed by atoms with E-state index in [4.69, 9.17) is 16.8 Å². The molecule has 4 nitrogen and oxygen atoms in total. The molecule has 0 aliphatic heterocycles. The summed E-state index contributed by atoms with van der Waals surface area (Å²) in [4.78, 5) is 12.0. The summed E-state index contributed by atoms with van der Waals surface area (Å²) in [6.07, 6.45) is 0. The van der Waals surface area contributed by atoms with E-state index in [1.165, 1.54) is 0 Å². The summed E-state index contributed by atoms with van der Waals surface area (Å²) >= 11 is 5.78. The maximum Gasteiger partial charge on any atom is 0.255 e. The van der Waals surface area contributed by atoms with Gasteiger partial charge in [-0.2, -0.15) is 0 Å². The smallest absolute Gasteiger partial charge is 0.255 e. The van der Waals surface area contributed by atoms with E-state index >= 15 is 0 Å². The Morgan fingerprint density at radius 1 is 1.15 bits per heavy atom. The van der Waals surface area contributed by atoms with Gasteiger partial charge in [-0.25, -0.2) is 0 Å². The van der Waals surface area contributed by atoms with E-state index in [1.54, 1.807) is 55.5 Å². The first-order chi connectivity index (χ1) is 9.60. The monoisotopic (exact) mass is 288 g/mol. The van der Waals surface area contributed by atoms with E-state index in [-0.39, 0.29) is 5.91 Å². The van der Waals surface area contributed by atoms with Crippen molar-refractivity contribution in [1.29, 1.82) is 0 Å². The SMILES string of the molecule is C/C(=N\O)c1cccc(NC(=O)c2ccc(Cl)cc2)c1. The van der Waals surface area contributed by atoms with Gasteiger partial charge in [0.25, 0.3) is 5.91 Å². The number of anilines is 1. The van der Waals surface area contributed by atoms with Crippen LogP contribution in [0.2, 0.25) is 5.02 Å². The molecule has 0 unspecified atom stereocenters. The summed E-state index contributed by atoms with van der Waals surface area (Å²) in [7, 11) is 0. The second-order valence-electron chi connectivity index (χ2n) is 4.23. The molecule has 0 heterocycles. The third-order valence-corrected chi connectivity index (χ3v) is 3.05. The molecule has 0 aliphatic carbocycles. The van der Waals surface area contributed by atoms with Crippen molar-refractivity contribution in [3.63, 3.8) is 0 Å². The fourth-order valence-electron chi connectivity index (χ4n) is 1.68. The fraction of sp³-hybridized carbons (Fsp3) is 0.0667. The van der Waals surface area contributed by atoms with Crippen LogP contribution in [0.3, 0.4) is 0 Å². The van der Waals surface area contributed by atoms with Gasteiger partial charge in [-0.3, -0.25) is 4.79 Å². The maximum atomic E-state index is 12.0. The van der Waals surface area contributed by atoms with Gasteiger partial charge in [0.2, 0.25) is 0 Å². The molecule has 0 fully saturated rings. The van der Waals surface area contributed by atoms with Crippen LogP contribution in [0.15, 0.2) is 53.7 Å². The van der Waals surface area contributed by atoms with E-state index < -0.39 is 0 Å². The van der Waals surface area contributed by atoms with Crippen LogP contribution in [0.1, 0.15) is 22.8 Å². The van der Waals surface area contributed by atoms with Crippen molar-refractivity contribution in [2.75, 3.05) is 5.32 Å². The van der Waals surface area contributed by atoms with Crippen molar-refractivity contribution < 1.29 is 10.0 Å². The molecule has 0 spiro atoms. The van der Waals surface area contributed by atoms with E-state index in [0.29, 0.717) is 22.0 Å². The fourth-order valence-corrected chi connectivity index (χ4v) is 1.81. The molecule has 0 bridgehead atoms. The molecule has 2 N–H and O–H groups in total. The molecule has 1 amide bonds. The van der Waals surface area contributed by atoms with Crippen molar-refractivity contribution in [3.8, 4) is 0 Å². The van der Waals surface area contributed by atoms with Gasteiger partial charge in [0.05, 0.1) is 5.71 Å². The Balaban J connectivity index is 2.17. The Hall–Kier alpha value is -2.33. The lowest BCUT2D eigenvalue weighted by Gasteiger charge is -2.07. The van der Waals surface area contributed by atoms with Crippen LogP contribution >= 0.6 is 11.6 Å². The van der Waals surface area contributed by atoms with E-state index in [9.17, 15) is 4.79 Å². The molecule has 102 valence electrons. The molecule has 0 saturated carbocycles. The van der Waals surface area contributed by atoms with Crippen molar-refractivity contribution >= 4 is 28.9 Å². The largest absolute Gasteiger partial charge is 0.411 e. The van der Waals surface area contributed by atoms with Gasteiger partial charge in [0.1, 0.15) is 0 Å². The summed E-state index contributed by atoms with van der Waals surface area (Å²) in [5.74, 6) is -0.225. The first-order valence-electron chi connectivity index (χ1n) is 5.96. The van der Waals surface area contributed by atoms with Gasteiger partial charge in [0.15, 0.2) is 0 Å². The first-order valence-corrected chi connectivity index (χ1v) is 6.34. The third-order valence-electron chi connectivity index (χ3n) is 2.79. The van der Waals surface area contributed by atoms with Crippen molar-refractivity contribution in [2.24, 2.45) is 5.16 Å². The predicted molar refractivity (Wildman–Crippen MR) is 79.8 cm³/mol. The summed E-state index contributed by atoms with van der Waals surface area (Å²) in [5, 5.41) is 15.2. The Morgan fingerprint density at radius 3 is 2.50 bits per heavy atom. The molecular formula is C15H13ClN2O2. The quantitative estimate of drug-likeness (QED) is 0.513. The van der Waals surface area contributed by atoms with E-state index in [0.717, 1.165) is 5.56 Å². The number of rotatable bonds is 3. The highest BCUT2D eigenvalue weighted by molar-refractivity contribution is 6.30. The van der Waals surface area contributed by atoms with Gasteiger partial charge in [-0.1, -0.05) is 28.9 Å². The first kappa shape index (κ1) is 14.1. The number of carbonyl (C=O) groups excluding carboxylic acids is 1. The Kier molecular flexibility index (Phi) is 4.38. The lowest BCUT2D eigenvalue weighted by atomic mass is 10.1. The lowest BCUT2D eigenvalue weighted by Crippen LogP contribution is -2.12. The number of amides is 1. The molecule has 0 radical (unpaired) electrons. The van der Waals surface area contributed by atoms with Crippen LogP contribution in [0.25, 0.3) is 0 Å². The molecule has 0 aliphatic rings. The lowest BCUT2D eigenvalue weighted by molar-refractivity contribution is 0.102. The number of nitrogens with zero attached hydrogens (tertiary/aromatic N) is 1. The molecule has 2 aromatic carbocycles. The zero-order valence-electron chi connectivity index (χ0n) is 10.8. The van der Waals surface area contributed by atoms with Crippen molar-refractivity contribution in [3.05, 3.63) is 64.7 Å². The zero-order valence-corrected chi connectivity index (χ0v) is 11.6. The number of oxime groups is 1. The second kappa shape index (κ2) is 6.21. The minimum atomic E-state index is -0.225. The topological polar surface area (TPSA) is 61.7 Å². The minimum absolute atomic E-state index is 0.225. The van der Waals surface area contributed by atoms with Gasteiger partial charge in [-0.05, 0) is 43.3 Å². The second-order valence-corrected chi connectivity index (χ2v) is 4.66. The van der Waals surface area contributed by atoms with Crippen molar-refractivity contribution in [1.82, 2.24) is 0 Å². The van der Waals surface area contributed by atoms with Gasteiger partial charge >= 0.3 is 0 Å². The highest BCUT2D eigenvalue weighted by atomic mass is 35.5. The number of hydrogen-bond acceptors (Lipinski definition) is 3. The third kappa shape index (κ3) is 3.36. The normalized spacial score (nSPS) is 11.2. The molecule has 0 saturated heterocycles. The Morgan fingerprint density at radius 2 is 1.85 bits per heavy atom. The molecule has 2 aromatic rings. The number of hydrogen-bond donors (Lipinski definition) is 2. The van der Waals surface area contributed by atoms with Crippen LogP contribution < -0.4 is 5.32 Å². The number of halogens is 1. The number of nitrogens with one attached hydrogen (secondary N) is 1. The molecule has 2 rings (SSSR count). The van der Waals surface area contributed by atoms with E-state index in [1.807, 2.05) is 0 Å². The van der Waals surface area contributed by atoms with Crippen molar-refractivity contribution in [2.45, 2.75) is 6.92 Å². The van der Waals surface area contributed by atoms with Crippen LogP contribution in [-0.4, -0.2) is 16.8 Å². The summed E-state index contributed by atoms with van der Waals surface area (Å²) in [6.45, 7) is 1.68. The molecular weight excluding hydrogens is 276 g/mol. The zero-order chi connectivity index (χ0) is 14.5. The highest BCUT2D eigenvalue weighted by Crippen LogP contribution is 2.14. The van der Waals surface area contributed by atoms with Gasteiger partial charge in [-0.15, -0.1) is 0 Å². The average molecular weight is 289 g/mol. The maximum absolute atomic E-state index is 12.0. The van der Waals surface area contributed by atoms with Crippen LogP contribution in [0, 0.1) is 0 Å². The predicted octanol–water partition coefficient (Wildman–Crippen LogP) is 3.79. The Bertz CT molecular complexity index is 651. The molecule has 5 heteroatoms. The summed E-state index contributed by atoms with van der Waals surface area (Å²) < 4.78 is 0. The molecule has 20 heavy (non-hydrogen) atoms. The minimum Gasteiger partial charge on any atom is -0.411 e. The van der Waals surface area contributed by atoms with E-state index in [2.05, 4.69) is 10.5 Å². The van der Waals surface area contributed by atoms with Gasteiger partial charge < -0.3 is 10.5 Å². The summed E-state index contributed by atoms with van der Waals surface area (Å²) in [6, 6.07) is 13.7. The Labute approximate surface area is 121 Å². The highest BCUT2D eigenvalue weighted by Gasteiger charge is 2.07. The summed E-state index contributed by atoms with van der Waals surface area (Å²) in [5.41, 5.74) is 2.37. The standard InChI is InChI=1S/C15H13ClN2O2/c1-10(18-20)12-3-2-4-14(9-12)17-15(19)11-5-7-13(16)8-6-11/h2-9,20H,1H3,(H,17,19)/b18-10+. The molecule has 0 atom stereocenters. The van der Waals surface area contributed by atoms with Crippen LogP contribution in [0.5, 0.6) is 0 Å². The molecule has 0 aromatic heterocycles. The number of benzene rings is 2. The van der Waals surface area contributed by atoms with Crippen LogP contribution in [-0.2, 0) is 0 Å². The van der Waals surface area contributed by atoms with Crippen LogP contribution in [0.4, 0.5) is 5.69 Å². The number of carbonyl (C=O) groups is 1.